The van der Waals surface area contributed by atoms with Crippen molar-refractivity contribution in [2.75, 3.05) is 32.9 Å². The molecule has 3 rings (SSSR count). The monoisotopic (exact) mass is 438 g/mol. The number of carbonyl (C=O) groups excluding carboxylic acids is 1. The first-order valence-electron chi connectivity index (χ1n) is 12.0. The van der Waals surface area contributed by atoms with Gasteiger partial charge in [-0.15, -0.1) is 0 Å². The summed E-state index contributed by atoms with van der Waals surface area (Å²) in [6.45, 7) is 8.41. The maximum absolute atomic E-state index is 12.7. The molecule has 1 fully saturated rings. The fourth-order valence-corrected chi connectivity index (χ4v) is 4.07. The molecular weight excluding hydrogens is 400 g/mol. The van der Waals surface area contributed by atoms with Gasteiger partial charge in [0, 0.05) is 19.7 Å². The minimum absolute atomic E-state index is 0.0286. The molecule has 1 aliphatic heterocycles. The molecule has 1 amide bonds. The number of ether oxygens (including phenoxy) is 2. The predicted octanol–water partition coefficient (Wildman–Crippen LogP) is 4.53. The lowest BCUT2D eigenvalue weighted by Gasteiger charge is -2.21. The molecule has 0 spiro atoms. The first kappa shape index (κ1) is 24.3. The zero-order valence-electron chi connectivity index (χ0n) is 19.5. The van der Waals surface area contributed by atoms with Gasteiger partial charge in [-0.3, -0.25) is 4.79 Å². The number of nitrogens with one attached hydrogen (secondary N) is 2. The lowest BCUT2D eigenvalue weighted by atomic mass is 10.0. The van der Waals surface area contributed by atoms with Crippen molar-refractivity contribution in [2.24, 2.45) is 11.8 Å². The first-order chi connectivity index (χ1) is 15.6. The third-order valence-corrected chi connectivity index (χ3v) is 5.95. The summed E-state index contributed by atoms with van der Waals surface area (Å²) < 4.78 is 11.4. The molecule has 0 saturated carbocycles. The second kappa shape index (κ2) is 13.2. The molecule has 1 saturated heterocycles. The zero-order chi connectivity index (χ0) is 22.6. The van der Waals surface area contributed by atoms with Crippen LogP contribution in [0, 0.1) is 11.8 Å². The van der Waals surface area contributed by atoms with E-state index >= 15 is 0 Å². The van der Waals surface area contributed by atoms with Crippen LogP contribution in [0.3, 0.4) is 0 Å². The topological polar surface area (TPSA) is 59.6 Å². The minimum Gasteiger partial charge on any atom is -0.493 e. The van der Waals surface area contributed by atoms with E-state index in [1.165, 1.54) is 12.8 Å². The predicted molar refractivity (Wildman–Crippen MR) is 129 cm³/mol. The summed E-state index contributed by atoms with van der Waals surface area (Å²) in [6.07, 6.45) is 3.82. The fourth-order valence-electron chi connectivity index (χ4n) is 4.07. The van der Waals surface area contributed by atoms with E-state index < -0.39 is 0 Å². The molecule has 5 heteroatoms. The Morgan fingerprint density at radius 3 is 2.62 bits per heavy atom. The molecule has 0 aromatic heterocycles. The van der Waals surface area contributed by atoms with Crippen LogP contribution in [-0.2, 0) is 16.0 Å². The lowest BCUT2D eigenvalue weighted by Crippen LogP contribution is -2.38. The van der Waals surface area contributed by atoms with Crippen molar-refractivity contribution in [1.82, 2.24) is 10.6 Å². The Bertz CT molecular complexity index is 788. The van der Waals surface area contributed by atoms with Crippen molar-refractivity contribution in [3.63, 3.8) is 0 Å². The van der Waals surface area contributed by atoms with Gasteiger partial charge in [-0.2, -0.15) is 0 Å². The molecule has 3 unspecified atom stereocenters. The minimum atomic E-state index is -0.0957. The van der Waals surface area contributed by atoms with Crippen LogP contribution >= 0.6 is 0 Å². The maximum Gasteiger partial charge on any atom is 0.224 e. The van der Waals surface area contributed by atoms with E-state index in [-0.39, 0.29) is 11.9 Å². The van der Waals surface area contributed by atoms with E-state index in [1.807, 2.05) is 42.5 Å². The molecule has 2 aromatic carbocycles. The normalized spacial score (nSPS) is 17.6. The van der Waals surface area contributed by atoms with E-state index in [0.717, 1.165) is 49.7 Å². The van der Waals surface area contributed by atoms with Gasteiger partial charge in [0.25, 0.3) is 0 Å². The van der Waals surface area contributed by atoms with Gasteiger partial charge in [-0.25, -0.2) is 0 Å². The van der Waals surface area contributed by atoms with Crippen molar-refractivity contribution in [2.45, 2.75) is 45.6 Å². The average molecular weight is 439 g/mol. The molecule has 0 radical (unpaired) electrons. The van der Waals surface area contributed by atoms with Crippen molar-refractivity contribution in [3.8, 4) is 5.75 Å². The largest absolute Gasteiger partial charge is 0.493 e. The van der Waals surface area contributed by atoms with Gasteiger partial charge >= 0.3 is 0 Å². The number of rotatable bonds is 13. The van der Waals surface area contributed by atoms with Crippen LogP contribution in [0.4, 0.5) is 0 Å². The summed E-state index contributed by atoms with van der Waals surface area (Å²) in [7, 11) is 0. The van der Waals surface area contributed by atoms with Gasteiger partial charge in [0.2, 0.25) is 5.91 Å². The Morgan fingerprint density at radius 2 is 1.94 bits per heavy atom. The van der Waals surface area contributed by atoms with E-state index in [4.69, 9.17) is 9.47 Å². The smallest absolute Gasteiger partial charge is 0.224 e. The van der Waals surface area contributed by atoms with E-state index in [0.29, 0.717) is 24.8 Å². The van der Waals surface area contributed by atoms with E-state index in [2.05, 4.69) is 36.6 Å². The second-order valence-corrected chi connectivity index (χ2v) is 8.94. The Balaban J connectivity index is 1.59. The maximum atomic E-state index is 12.7. The van der Waals surface area contributed by atoms with Crippen molar-refractivity contribution < 1.29 is 14.3 Å². The number of benzene rings is 2. The molecule has 1 heterocycles. The van der Waals surface area contributed by atoms with E-state index in [9.17, 15) is 4.79 Å². The Morgan fingerprint density at radius 1 is 1.16 bits per heavy atom. The lowest BCUT2D eigenvalue weighted by molar-refractivity contribution is -0.121. The highest BCUT2D eigenvalue weighted by atomic mass is 16.5. The van der Waals surface area contributed by atoms with Gasteiger partial charge in [0.05, 0.1) is 25.7 Å². The Hall–Kier alpha value is -2.37. The molecule has 5 nitrogen and oxygen atoms in total. The molecule has 32 heavy (non-hydrogen) atoms. The van der Waals surface area contributed by atoms with Gasteiger partial charge in [0.15, 0.2) is 0 Å². The molecule has 174 valence electrons. The van der Waals surface area contributed by atoms with E-state index in [1.54, 1.807) is 0 Å². The van der Waals surface area contributed by atoms with Crippen LogP contribution in [0.5, 0.6) is 5.75 Å². The van der Waals surface area contributed by atoms with Crippen LogP contribution in [0.2, 0.25) is 0 Å². The van der Waals surface area contributed by atoms with Crippen LogP contribution in [0.15, 0.2) is 54.6 Å². The SMILES string of the molecule is CCCC(C)COc1ccc(C(CNCC2CCOC2)NC(=O)Cc2ccccc2)cc1. The second-order valence-electron chi connectivity index (χ2n) is 8.94. The van der Waals surface area contributed by atoms with Crippen molar-refractivity contribution >= 4 is 5.91 Å². The summed E-state index contributed by atoms with van der Waals surface area (Å²) in [5.41, 5.74) is 2.10. The molecular formula is C27H38N2O3. The summed E-state index contributed by atoms with van der Waals surface area (Å²) in [5.74, 6) is 2.01. The Kier molecular flexibility index (Phi) is 10.0. The van der Waals surface area contributed by atoms with Crippen LogP contribution in [-0.4, -0.2) is 38.8 Å². The Labute approximate surface area is 192 Å². The van der Waals surface area contributed by atoms with Gasteiger partial charge in [-0.05, 0) is 47.9 Å². The van der Waals surface area contributed by atoms with Crippen molar-refractivity contribution in [3.05, 3.63) is 65.7 Å². The summed E-state index contributed by atoms with van der Waals surface area (Å²) in [4.78, 5) is 12.7. The van der Waals surface area contributed by atoms with Gasteiger partial charge in [-0.1, -0.05) is 62.7 Å². The molecule has 2 N–H and O–H groups in total. The highest BCUT2D eigenvalue weighted by molar-refractivity contribution is 5.79. The molecule has 3 atom stereocenters. The fraction of sp³-hybridized carbons (Fsp3) is 0.519. The van der Waals surface area contributed by atoms with Crippen LogP contribution in [0.1, 0.15) is 50.3 Å². The standard InChI is InChI=1S/C27H38N2O3/c1-3-7-21(2)19-32-25-12-10-24(11-13-25)26(18-28-17-23-14-15-31-20-23)29-27(30)16-22-8-5-4-6-9-22/h4-6,8-13,21,23,26,28H,3,7,14-20H2,1-2H3,(H,29,30). The number of hydrogen-bond acceptors (Lipinski definition) is 4. The van der Waals surface area contributed by atoms with Crippen LogP contribution in [0.25, 0.3) is 0 Å². The van der Waals surface area contributed by atoms with Gasteiger partial charge in [0.1, 0.15) is 5.75 Å². The first-order valence-corrected chi connectivity index (χ1v) is 12.0. The zero-order valence-corrected chi connectivity index (χ0v) is 19.5. The number of hydrogen-bond donors (Lipinski definition) is 2. The molecule has 0 bridgehead atoms. The highest BCUT2D eigenvalue weighted by Gasteiger charge is 2.18. The molecule has 0 aliphatic carbocycles. The molecule has 2 aromatic rings. The summed E-state index contributed by atoms with van der Waals surface area (Å²) >= 11 is 0. The van der Waals surface area contributed by atoms with Crippen molar-refractivity contribution in [1.29, 1.82) is 0 Å². The molecule has 1 aliphatic rings. The number of amides is 1. The third-order valence-electron chi connectivity index (χ3n) is 5.95. The summed E-state index contributed by atoms with van der Waals surface area (Å²) in [5, 5.41) is 6.76. The summed E-state index contributed by atoms with van der Waals surface area (Å²) in [6, 6.07) is 17.9. The quantitative estimate of drug-likeness (QED) is 0.482. The highest BCUT2D eigenvalue weighted by Crippen LogP contribution is 2.20. The third kappa shape index (κ3) is 8.29. The van der Waals surface area contributed by atoms with Gasteiger partial charge < -0.3 is 20.1 Å². The average Bonchev–Trinajstić information content (AvgIpc) is 3.32. The number of carbonyl (C=O) groups is 1. The van der Waals surface area contributed by atoms with Crippen LogP contribution < -0.4 is 15.4 Å².